The quantitative estimate of drug-likeness (QED) is 0.857. The van der Waals surface area contributed by atoms with Gasteiger partial charge in [-0.05, 0) is 64.3 Å². The number of carbonyl (C=O) groups excluding carboxylic acids is 1. The van der Waals surface area contributed by atoms with E-state index in [-0.39, 0.29) is 11.9 Å². The first kappa shape index (κ1) is 19.2. The minimum Gasteiger partial charge on any atom is -0.481 e. The number of carboxylic acids is 1. The van der Waals surface area contributed by atoms with E-state index in [0.717, 1.165) is 51.1 Å². The van der Waals surface area contributed by atoms with Crippen molar-refractivity contribution in [3.05, 3.63) is 23.9 Å². The molecule has 3 aliphatic rings. The number of likely N-dealkylation sites (tertiary alicyclic amines) is 2. The van der Waals surface area contributed by atoms with Crippen molar-refractivity contribution in [1.82, 2.24) is 14.8 Å². The van der Waals surface area contributed by atoms with Crippen molar-refractivity contribution in [2.75, 3.05) is 44.7 Å². The van der Waals surface area contributed by atoms with Gasteiger partial charge in [0.2, 0.25) is 0 Å². The number of hydrogen-bond acceptors (Lipinski definition) is 5. The number of nitrogens with zero attached hydrogens (tertiary/aromatic N) is 4. The summed E-state index contributed by atoms with van der Waals surface area (Å²) < 4.78 is 0. The molecule has 0 spiro atoms. The Morgan fingerprint density at radius 2 is 1.86 bits per heavy atom. The highest BCUT2D eigenvalue weighted by Crippen LogP contribution is 2.42. The Kier molecular flexibility index (Phi) is 5.27. The van der Waals surface area contributed by atoms with Crippen LogP contribution in [0.2, 0.25) is 0 Å². The van der Waals surface area contributed by atoms with E-state index >= 15 is 0 Å². The maximum atomic E-state index is 12.6. The van der Waals surface area contributed by atoms with Crippen LogP contribution in [0.3, 0.4) is 0 Å². The van der Waals surface area contributed by atoms with Crippen LogP contribution in [0, 0.1) is 5.41 Å². The predicted molar refractivity (Wildman–Crippen MR) is 107 cm³/mol. The number of pyridine rings is 1. The Bertz CT molecular complexity index is 732. The third-order valence-corrected chi connectivity index (χ3v) is 6.91. The lowest BCUT2D eigenvalue weighted by molar-refractivity contribution is -0.158. The molecule has 1 aromatic rings. The zero-order chi connectivity index (χ0) is 19.7. The van der Waals surface area contributed by atoms with E-state index in [1.807, 2.05) is 24.1 Å². The first-order valence-corrected chi connectivity index (χ1v) is 10.5. The molecule has 0 unspecified atom stereocenters. The van der Waals surface area contributed by atoms with Gasteiger partial charge in [-0.1, -0.05) is 0 Å². The molecule has 152 valence electrons. The largest absolute Gasteiger partial charge is 0.481 e. The number of fused-ring (bicyclic) bond motifs is 1. The summed E-state index contributed by atoms with van der Waals surface area (Å²) in [4.78, 5) is 35.5. The molecule has 1 aromatic heterocycles. The fraction of sp³-hybridized carbons (Fsp3) is 0.667. The molecular weight excluding hydrogens is 356 g/mol. The predicted octanol–water partition coefficient (Wildman–Crippen LogP) is 2.08. The number of carboxylic acid groups (broad SMARTS) is 1. The number of anilines is 1. The maximum Gasteiger partial charge on any atom is 0.311 e. The molecule has 1 amide bonds. The van der Waals surface area contributed by atoms with Crippen LogP contribution in [0.1, 0.15) is 48.9 Å². The molecule has 3 saturated heterocycles. The number of aliphatic carboxylic acids is 1. The van der Waals surface area contributed by atoms with E-state index in [4.69, 9.17) is 0 Å². The van der Waals surface area contributed by atoms with Crippen molar-refractivity contribution in [3.8, 4) is 0 Å². The normalized spacial score (nSPS) is 28.7. The molecule has 0 aromatic carbocycles. The second-order valence-electron chi connectivity index (χ2n) is 8.52. The lowest BCUT2D eigenvalue weighted by Crippen LogP contribution is -2.63. The summed E-state index contributed by atoms with van der Waals surface area (Å²) in [5.41, 5.74) is -0.00876. The van der Waals surface area contributed by atoms with Crippen molar-refractivity contribution in [1.29, 1.82) is 0 Å². The van der Waals surface area contributed by atoms with Crippen LogP contribution in [0.15, 0.2) is 18.3 Å². The number of rotatable bonds is 3. The lowest BCUT2D eigenvalue weighted by Gasteiger charge is -2.52. The van der Waals surface area contributed by atoms with E-state index in [0.29, 0.717) is 25.1 Å². The van der Waals surface area contributed by atoms with Gasteiger partial charge in [0, 0.05) is 38.4 Å². The second-order valence-corrected chi connectivity index (χ2v) is 8.52. The molecule has 4 heterocycles. The second kappa shape index (κ2) is 7.70. The highest BCUT2D eigenvalue weighted by atomic mass is 16.4. The summed E-state index contributed by atoms with van der Waals surface area (Å²) in [5.74, 6) is 0.224. The Hall–Kier alpha value is -2.15. The van der Waals surface area contributed by atoms with Gasteiger partial charge in [-0.2, -0.15) is 0 Å². The maximum absolute atomic E-state index is 12.6. The summed E-state index contributed by atoms with van der Waals surface area (Å²) in [7, 11) is 2.03. The fourth-order valence-corrected chi connectivity index (χ4v) is 5.17. The Morgan fingerprint density at radius 1 is 1.07 bits per heavy atom. The summed E-state index contributed by atoms with van der Waals surface area (Å²) in [6.07, 6.45) is 7.34. The van der Waals surface area contributed by atoms with Gasteiger partial charge in [0.1, 0.15) is 5.82 Å². The number of carbonyl (C=O) groups is 2. The molecule has 1 N–H and O–H groups in total. The Labute approximate surface area is 166 Å². The van der Waals surface area contributed by atoms with E-state index in [1.165, 1.54) is 6.42 Å². The zero-order valence-corrected chi connectivity index (χ0v) is 16.6. The van der Waals surface area contributed by atoms with E-state index in [2.05, 4.69) is 14.8 Å². The molecule has 0 aliphatic carbocycles. The average Bonchev–Trinajstić information content (AvgIpc) is 2.74. The molecule has 7 heteroatoms. The molecule has 28 heavy (non-hydrogen) atoms. The van der Waals surface area contributed by atoms with Gasteiger partial charge in [0.15, 0.2) is 0 Å². The van der Waals surface area contributed by atoms with Gasteiger partial charge < -0.3 is 19.8 Å². The Balaban J connectivity index is 1.48. The van der Waals surface area contributed by atoms with Crippen LogP contribution in [-0.2, 0) is 4.79 Å². The van der Waals surface area contributed by atoms with Gasteiger partial charge in [-0.3, -0.25) is 9.59 Å². The topological polar surface area (TPSA) is 77.0 Å². The third-order valence-electron chi connectivity index (χ3n) is 6.91. The monoisotopic (exact) mass is 386 g/mol. The SMILES string of the molecule is CN1CCC[C@]2(C(=O)O)CCN(c3ccc(C(=O)N4CCCCC4)cn3)C[C@@H]12. The minimum absolute atomic E-state index is 0.0102. The summed E-state index contributed by atoms with van der Waals surface area (Å²) in [6.45, 7) is 3.94. The molecule has 2 atom stereocenters. The van der Waals surface area contributed by atoms with E-state index in [9.17, 15) is 14.7 Å². The van der Waals surface area contributed by atoms with Crippen LogP contribution in [0.5, 0.6) is 0 Å². The van der Waals surface area contributed by atoms with Crippen LogP contribution >= 0.6 is 0 Å². The summed E-state index contributed by atoms with van der Waals surface area (Å²) in [6, 6.07) is 3.76. The Morgan fingerprint density at radius 3 is 2.54 bits per heavy atom. The number of piperidine rings is 3. The van der Waals surface area contributed by atoms with E-state index in [1.54, 1.807) is 6.20 Å². The number of amides is 1. The van der Waals surface area contributed by atoms with Crippen molar-refractivity contribution in [3.63, 3.8) is 0 Å². The summed E-state index contributed by atoms with van der Waals surface area (Å²) in [5, 5.41) is 9.92. The minimum atomic E-state index is -0.667. The number of hydrogen-bond donors (Lipinski definition) is 1. The summed E-state index contributed by atoms with van der Waals surface area (Å²) >= 11 is 0. The van der Waals surface area contributed by atoms with E-state index < -0.39 is 11.4 Å². The lowest BCUT2D eigenvalue weighted by atomic mass is 9.68. The van der Waals surface area contributed by atoms with Crippen LogP contribution in [0.4, 0.5) is 5.82 Å². The fourth-order valence-electron chi connectivity index (χ4n) is 5.17. The zero-order valence-electron chi connectivity index (χ0n) is 16.6. The van der Waals surface area contributed by atoms with Gasteiger partial charge in [-0.15, -0.1) is 0 Å². The molecule has 3 fully saturated rings. The molecular formula is C21H30N4O3. The van der Waals surface area contributed by atoms with Crippen LogP contribution in [-0.4, -0.2) is 77.6 Å². The standard InChI is InChI=1S/C21H30N4O3/c1-23-10-5-8-21(20(27)28)9-13-25(15-17(21)23)18-7-6-16(14-22-18)19(26)24-11-3-2-4-12-24/h6-7,14,17H,2-5,8-13,15H2,1H3,(H,27,28)/t17-,21+/m1/s1. The average molecular weight is 386 g/mol. The smallest absolute Gasteiger partial charge is 0.311 e. The molecule has 7 nitrogen and oxygen atoms in total. The molecule has 4 rings (SSSR count). The van der Waals surface area contributed by atoms with Crippen molar-refractivity contribution < 1.29 is 14.7 Å². The van der Waals surface area contributed by atoms with Gasteiger partial charge in [0.25, 0.3) is 5.91 Å². The molecule has 0 saturated carbocycles. The molecule has 0 radical (unpaired) electrons. The number of aromatic nitrogens is 1. The first-order valence-electron chi connectivity index (χ1n) is 10.5. The van der Waals surface area contributed by atoms with Gasteiger partial charge in [-0.25, -0.2) is 4.98 Å². The molecule has 3 aliphatic heterocycles. The molecule has 0 bridgehead atoms. The van der Waals surface area contributed by atoms with Crippen molar-refractivity contribution >= 4 is 17.7 Å². The van der Waals surface area contributed by atoms with Crippen LogP contribution in [0.25, 0.3) is 0 Å². The van der Waals surface area contributed by atoms with Gasteiger partial charge in [0.05, 0.1) is 11.0 Å². The highest BCUT2D eigenvalue weighted by Gasteiger charge is 2.52. The number of likely N-dealkylation sites (N-methyl/N-ethyl adjacent to an activating group) is 1. The van der Waals surface area contributed by atoms with Crippen molar-refractivity contribution in [2.24, 2.45) is 5.41 Å². The third kappa shape index (κ3) is 3.36. The first-order chi connectivity index (χ1) is 13.5. The highest BCUT2D eigenvalue weighted by molar-refractivity contribution is 5.94. The van der Waals surface area contributed by atoms with Crippen LogP contribution < -0.4 is 4.90 Å². The van der Waals surface area contributed by atoms with Crippen molar-refractivity contribution in [2.45, 2.75) is 44.6 Å². The van der Waals surface area contributed by atoms with Gasteiger partial charge >= 0.3 is 5.97 Å².